The van der Waals surface area contributed by atoms with Crippen LogP contribution in [0.1, 0.15) is 25.5 Å². The van der Waals surface area contributed by atoms with Crippen molar-refractivity contribution in [1.82, 2.24) is 9.80 Å². The highest BCUT2D eigenvalue weighted by molar-refractivity contribution is 5.22. The van der Waals surface area contributed by atoms with Gasteiger partial charge in [0.2, 0.25) is 0 Å². The van der Waals surface area contributed by atoms with Crippen LogP contribution in [0.15, 0.2) is 18.2 Å². The number of halogens is 2. The molecule has 0 aromatic heterocycles. The van der Waals surface area contributed by atoms with Gasteiger partial charge in [-0.2, -0.15) is 0 Å². The Kier molecular flexibility index (Phi) is 5.07. The lowest BCUT2D eigenvalue weighted by Gasteiger charge is -2.42. The largest absolute Gasteiger partial charge is 0.329 e. The molecule has 0 spiro atoms. The van der Waals surface area contributed by atoms with E-state index >= 15 is 0 Å². The lowest BCUT2D eigenvalue weighted by atomic mass is 10.0. The number of hydrogen-bond acceptors (Lipinski definition) is 3. The summed E-state index contributed by atoms with van der Waals surface area (Å²) in [5, 5.41) is 0. The van der Waals surface area contributed by atoms with Gasteiger partial charge in [0.15, 0.2) is 11.6 Å². The van der Waals surface area contributed by atoms with E-state index in [1.807, 2.05) is 0 Å². The van der Waals surface area contributed by atoms with E-state index in [-0.39, 0.29) is 6.04 Å². The van der Waals surface area contributed by atoms with E-state index in [0.29, 0.717) is 12.6 Å². The van der Waals surface area contributed by atoms with Crippen LogP contribution in [-0.4, -0.2) is 48.6 Å². The second-order valence-corrected chi connectivity index (χ2v) is 5.40. The van der Waals surface area contributed by atoms with Crippen LogP contribution in [0.2, 0.25) is 0 Å². The minimum Gasteiger partial charge on any atom is -0.329 e. The Morgan fingerprint density at radius 3 is 2.60 bits per heavy atom. The average Bonchev–Trinajstić information content (AvgIpc) is 2.44. The molecule has 20 heavy (non-hydrogen) atoms. The minimum atomic E-state index is -0.811. The highest BCUT2D eigenvalue weighted by Gasteiger charge is 2.28. The highest BCUT2D eigenvalue weighted by atomic mass is 19.2. The number of rotatable bonds is 4. The maximum absolute atomic E-state index is 13.4. The number of likely N-dealkylation sites (N-methyl/N-ethyl adjacent to an activating group) is 1. The van der Waals surface area contributed by atoms with Crippen molar-refractivity contribution in [1.29, 1.82) is 0 Å². The van der Waals surface area contributed by atoms with Crippen molar-refractivity contribution in [3.63, 3.8) is 0 Å². The third-order valence-corrected chi connectivity index (χ3v) is 4.20. The summed E-state index contributed by atoms with van der Waals surface area (Å²) in [5.74, 6) is -1.62. The van der Waals surface area contributed by atoms with E-state index in [0.717, 1.165) is 31.7 Å². The maximum atomic E-state index is 13.4. The van der Waals surface area contributed by atoms with Crippen molar-refractivity contribution < 1.29 is 8.78 Å². The number of nitrogens with two attached hydrogens (primary N) is 1. The van der Waals surface area contributed by atoms with Crippen molar-refractivity contribution in [2.45, 2.75) is 25.9 Å². The molecule has 0 amide bonds. The first-order valence-corrected chi connectivity index (χ1v) is 7.20. The van der Waals surface area contributed by atoms with Crippen molar-refractivity contribution >= 4 is 0 Å². The number of nitrogens with zero attached hydrogens (tertiary/aromatic N) is 2. The van der Waals surface area contributed by atoms with E-state index in [1.165, 1.54) is 12.1 Å². The molecule has 1 fully saturated rings. The summed E-state index contributed by atoms with van der Waals surface area (Å²) in [7, 11) is 0. The molecule has 3 nitrogen and oxygen atoms in total. The van der Waals surface area contributed by atoms with Crippen molar-refractivity contribution in [2.24, 2.45) is 5.73 Å². The lowest BCUT2D eigenvalue weighted by Crippen LogP contribution is -2.53. The van der Waals surface area contributed by atoms with Crippen molar-refractivity contribution in [3.8, 4) is 0 Å². The molecule has 1 aliphatic rings. The van der Waals surface area contributed by atoms with Gasteiger partial charge in [-0.05, 0) is 31.2 Å². The first-order chi connectivity index (χ1) is 9.56. The van der Waals surface area contributed by atoms with E-state index in [9.17, 15) is 8.78 Å². The Labute approximate surface area is 119 Å². The quantitative estimate of drug-likeness (QED) is 0.917. The predicted molar refractivity (Wildman–Crippen MR) is 76.4 cm³/mol. The van der Waals surface area contributed by atoms with Gasteiger partial charge in [-0.15, -0.1) is 0 Å². The molecule has 2 atom stereocenters. The third kappa shape index (κ3) is 3.16. The van der Waals surface area contributed by atoms with Crippen molar-refractivity contribution in [2.75, 3.05) is 32.7 Å². The van der Waals surface area contributed by atoms with Crippen molar-refractivity contribution in [3.05, 3.63) is 35.4 Å². The molecule has 0 radical (unpaired) electrons. The number of piperazine rings is 1. The Balaban J connectivity index is 2.14. The van der Waals surface area contributed by atoms with Gasteiger partial charge < -0.3 is 5.73 Å². The smallest absolute Gasteiger partial charge is 0.159 e. The van der Waals surface area contributed by atoms with Gasteiger partial charge in [-0.3, -0.25) is 9.80 Å². The topological polar surface area (TPSA) is 32.5 Å². The fourth-order valence-corrected chi connectivity index (χ4v) is 2.99. The van der Waals surface area contributed by atoms with Gasteiger partial charge in [0.25, 0.3) is 0 Å². The molecule has 0 saturated carbocycles. The van der Waals surface area contributed by atoms with E-state index in [2.05, 4.69) is 23.6 Å². The summed E-state index contributed by atoms with van der Waals surface area (Å²) in [6.45, 7) is 8.57. The molecule has 1 aromatic rings. The summed E-state index contributed by atoms with van der Waals surface area (Å²) in [6, 6.07) is 4.48. The van der Waals surface area contributed by atoms with Crippen LogP contribution in [0.4, 0.5) is 8.78 Å². The Bertz CT molecular complexity index is 453. The molecule has 1 aliphatic heterocycles. The van der Waals surface area contributed by atoms with Gasteiger partial charge in [0.05, 0.1) is 0 Å². The first-order valence-electron chi connectivity index (χ1n) is 7.20. The summed E-state index contributed by atoms with van der Waals surface area (Å²) in [6.07, 6.45) is 0. The van der Waals surface area contributed by atoms with Crippen LogP contribution in [0, 0.1) is 11.6 Å². The SMILES string of the molecule is CCN1CCN(C(CN)c2ccc(F)c(F)c2)CC1C. The second kappa shape index (κ2) is 6.61. The molecule has 2 N–H and O–H groups in total. The Morgan fingerprint density at radius 2 is 2.05 bits per heavy atom. The monoisotopic (exact) mass is 283 g/mol. The predicted octanol–water partition coefficient (Wildman–Crippen LogP) is 1.99. The standard InChI is InChI=1S/C15H23F2N3/c1-3-19-6-7-20(10-11(19)2)15(9-18)12-4-5-13(16)14(17)8-12/h4-5,8,11,15H,3,6-7,9-10,18H2,1-2H3. The fraction of sp³-hybridized carbons (Fsp3) is 0.600. The molecular formula is C15H23F2N3. The van der Waals surface area contributed by atoms with E-state index in [4.69, 9.17) is 5.73 Å². The molecule has 1 aromatic carbocycles. The Hall–Kier alpha value is -1.04. The zero-order valence-electron chi connectivity index (χ0n) is 12.1. The van der Waals surface area contributed by atoms with Crippen LogP contribution in [0.25, 0.3) is 0 Å². The van der Waals surface area contributed by atoms with Gasteiger partial charge in [-0.25, -0.2) is 8.78 Å². The van der Waals surface area contributed by atoms with Gasteiger partial charge in [0, 0.05) is 38.3 Å². The molecule has 2 unspecified atom stereocenters. The first kappa shape index (κ1) is 15.4. The van der Waals surface area contributed by atoms with Crippen LogP contribution in [0.3, 0.4) is 0 Å². The molecule has 1 saturated heterocycles. The molecule has 2 rings (SSSR count). The highest BCUT2D eigenvalue weighted by Crippen LogP contribution is 2.24. The molecular weight excluding hydrogens is 260 g/mol. The van der Waals surface area contributed by atoms with Crippen LogP contribution >= 0.6 is 0 Å². The summed E-state index contributed by atoms with van der Waals surface area (Å²) >= 11 is 0. The Morgan fingerprint density at radius 1 is 1.30 bits per heavy atom. The maximum Gasteiger partial charge on any atom is 0.159 e. The average molecular weight is 283 g/mol. The third-order valence-electron chi connectivity index (χ3n) is 4.20. The minimum absolute atomic E-state index is 0.0495. The normalized spacial score (nSPS) is 22.9. The zero-order valence-corrected chi connectivity index (χ0v) is 12.1. The van der Waals surface area contributed by atoms with Gasteiger partial charge in [-0.1, -0.05) is 13.0 Å². The second-order valence-electron chi connectivity index (χ2n) is 5.40. The summed E-state index contributed by atoms with van der Waals surface area (Å²) in [5.41, 5.74) is 6.62. The van der Waals surface area contributed by atoms with E-state index < -0.39 is 11.6 Å². The summed E-state index contributed by atoms with van der Waals surface area (Å²) < 4.78 is 26.4. The van der Waals surface area contributed by atoms with Crippen LogP contribution in [-0.2, 0) is 0 Å². The van der Waals surface area contributed by atoms with Crippen LogP contribution in [0.5, 0.6) is 0 Å². The fourth-order valence-electron chi connectivity index (χ4n) is 2.99. The molecule has 0 aliphatic carbocycles. The van der Waals surface area contributed by atoms with Gasteiger partial charge >= 0.3 is 0 Å². The molecule has 1 heterocycles. The molecule has 112 valence electrons. The zero-order chi connectivity index (χ0) is 14.7. The number of benzene rings is 1. The van der Waals surface area contributed by atoms with Crippen LogP contribution < -0.4 is 5.73 Å². The molecule has 5 heteroatoms. The molecule has 0 bridgehead atoms. The number of hydrogen-bond donors (Lipinski definition) is 1. The van der Waals surface area contributed by atoms with E-state index in [1.54, 1.807) is 6.07 Å². The van der Waals surface area contributed by atoms with Gasteiger partial charge in [0.1, 0.15) is 0 Å². The summed E-state index contributed by atoms with van der Waals surface area (Å²) in [4.78, 5) is 4.68. The lowest BCUT2D eigenvalue weighted by molar-refractivity contribution is 0.0605.